The van der Waals surface area contributed by atoms with E-state index in [4.69, 9.17) is 14.2 Å². The van der Waals surface area contributed by atoms with Crippen LogP contribution in [0.2, 0.25) is 0 Å². The number of carboxylic acids is 1. The maximum atomic E-state index is 14.4. The van der Waals surface area contributed by atoms with Crippen molar-refractivity contribution in [3.05, 3.63) is 83.4 Å². The van der Waals surface area contributed by atoms with Crippen molar-refractivity contribution in [1.82, 2.24) is 9.80 Å². The topological polar surface area (TPSA) is 155 Å². The quantitative estimate of drug-likeness (QED) is 0.244. The number of methoxy groups -OCH3 is 1. The van der Waals surface area contributed by atoms with Crippen LogP contribution < -0.4 is 14.2 Å². The summed E-state index contributed by atoms with van der Waals surface area (Å²) in [7, 11) is -0.527. The molecule has 0 radical (unpaired) electrons. The minimum absolute atomic E-state index is 0.0345. The van der Waals surface area contributed by atoms with Gasteiger partial charge < -0.3 is 29.3 Å². The molecule has 0 bridgehead atoms. The van der Waals surface area contributed by atoms with Crippen molar-refractivity contribution >= 4 is 27.6 Å². The van der Waals surface area contributed by atoms with Gasteiger partial charge in [-0.3, -0.25) is 14.4 Å². The fraction of sp³-hybridized carbons (Fsp3) is 0.459. The summed E-state index contributed by atoms with van der Waals surface area (Å²) >= 11 is 0. The van der Waals surface area contributed by atoms with Crippen LogP contribution >= 0.6 is 0 Å². The van der Waals surface area contributed by atoms with Crippen molar-refractivity contribution in [3.63, 3.8) is 0 Å². The molecule has 1 amide bonds. The number of carboxylic acid groups (broad SMARTS) is 1. The number of ether oxygens (including phenoxy) is 3. The second-order valence-corrected chi connectivity index (χ2v) is 14.7. The number of carbonyl (C=O) groups is 2. The van der Waals surface area contributed by atoms with Gasteiger partial charge in [-0.15, -0.1) is 0 Å². The fourth-order valence-corrected chi connectivity index (χ4v) is 6.90. The molecule has 3 aromatic carbocycles. The molecule has 0 fully saturated rings. The predicted octanol–water partition coefficient (Wildman–Crippen LogP) is 5.12. The molecule has 4 rings (SSSR count). The first kappa shape index (κ1) is 38.6. The van der Waals surface area contributed by atoms with E-state index >= 15 is 0 Å². The Hall–Kier alpha value is -4.17. The highest BCUT2D eigenvalue weighted by Gasteiger charge is 2.31. The van der Waals surface area contributed by atoms with E-state index in [1.165, 1.54) is 25.3 Å². The molecular formula is C37H49N3O9S. The molecule has 1 heterocycles. The molecule has 0 aromatic heterocycles. The number of hydrogen-bond acceptors (Lipinski definition) is 9. The Morgan fingerprint density at radius 3 is 2.42 bits per heavy atom. The molecule has 1 aliphatic heterocycles. The van der Waals surface area contributed by atoms with Crippen LogP contribution in [0.3, 0.4) is 0 Å². The molecule has 0 saturated heterocycles. The molecule has 12 nitrogen and oxygen atoms in total. The van der Waals surface area contributed by atoms with E-state index in [1.807, 2.05) is 20.9 Å². The van der Waals surface area contributed by atoms with Crippen LogP contribution in [0.25, 0.3) is 0 Å². The highest BCUT2D eigenvalue weighted by molar-refractivity contribution is 7.92. The average molecular weight is 712 g/mol. The average Bonchev–Trinajstić information content (AvgIpc) is 3.09. The molecule has 272 valence electrons. The summed E-state index contributed by atoms with van der Waals surface area (Å²) in [6, 6.07) is 16.9. The Kier molecular flexibility index (Phi) is 13.6. The minimum atomic E-state index is -3.99. The van der Waals surface area contributed by atoms with E-state index in [0.29, 0.717) is 37.6 Å². The Bertz CT molecular complexity index is 1680. The second-order valence-electron chi connectivity index (χ2n) is 13.0. The van der Waals surface area contributed by atoms with E-state index in [-0.39, 0.29) is 53.0 Å². The van der Waals surface area contributed by atoms with Gasteiger partial charge in [-0.1, -0.05) is 19.1 Å². The molecule has 1 aliphatic rings. The van der Waals surface area contributed by atoms with Crippen LogP contribution in [0.4, 0.5) is 5.69 Å². The lowest BCUT2D eigenvalue weighted by Gasteiger charge is -2.36. The van der Waals surface area contributed by atoms with E-state index in [0.717, 1.165) is 18.4 Å². The van der Waals surface area contributed by atoms with Crippen LogP contribution in [0.5, 0.6) is 11.5 Å². The number of nitrogens with zero attached hydrogens (tertiary/aromatic N) is 2. The third-order valence-electron chi connectivity index (χ3n) is 8.82. The number of likely N-dealkylation sites (N-methyl/N-ethyl adjacent to an activating group) is 1. The zero-order chi connectivity index (χ0) is 36.4. The number of nitrogens with one attached hydrogen (secondary N) is 1. The number of hydrogen-bond donors (Lipinski definition) is 3. The molecule has 0 saturated carbocycles. The molecule has 0 unspecified atom stereocenters. The largest absolute Gasteiger partial charge is 0.497 e. The molecule has 3 N–H and O–H groups in total. The first-order valence-electron chi connectivity index (χ1n) is 16.8. The van der Waals surface area contributed by atoms with Gasteiger partial charge in [-0.2, -0.15) is 0 Å². The Balaban J connectivity index is 1.61. The molecule has 50 heavy (non-hydrogen) atoms. The van der Waals surface area contributed by atoms with E-state index in [9.17, 15) is 28.2 Å². The highest BCUT2D eigenvalue weighted by Crippen LogP contribution is 2.30. The Labute approximate surface area is 295 Å². The van der Waals surface area contributed by atoms with Gasteiger partial charge in [0.25, 0.3) is 15.9 Å². The van der Waals surface area contributed by atoms with E-state index < -0.39 is 27.9 Å². The van der Waals surface area contributed by atoms with Gasteiger partial charge in [0, 0.05) is 37.8 Å². The zero-order valence-corrected chi connectivity index (χ0v) is 30.2. The number of aliphatic hydroxyl groups excluding tert-OH is 1. The van der Waals surface area contributed by atoms with Crippen LogP contribution in [0.1, 0.15) is 66.3 Å². The summed E-state index contributed by atoms with van der Waals surface area (Å²) in [5.74, 6) is -0.693. The summed E-state index contributed by atoms with van der Waals surface area (Å²) in [5, 5.41) is 19.5. The highest BCUT2D eigenvalue weighted by atomic mass is 32.2. The lowest BCUT2D eigenvalue weighted by Crippen LogP contribution is -2.47. The molecular weight excluding hydrogens is 662 g/mol. The normalized spacial score (nSPS) is 19.9. The first-order chi connectivity index (χ1) is 23.8. The molecule has 13 heteroatoms. The SMILES string of the molecule is COc1ccc(S(=O)(=O)Nc2ccc3c(c2)C(=O)N([C@@H](C)CO)C[C@H](C)[C@H](CN(C)Cc2ccc(C(=O)O)cc2)OCCCC[C@@H](C)O3)cc1. The number of aromatic carboxylic acids is 1. The number of sulfonamides is 1. The van der Waals surface area contributed by atoms with Gasteiger partial charge in [-0.05, 0) is 100 Å². The lowest BCUT2D eigenvalue weighted by molar-refractivity contribution is -0.0177. The number of aliphatic hydroxyl groups is 1. The Morgan fingerprint density at radius 1 is 1.08 bits per heavy atom. The first-order valence-corrected chi connectivity index (χ1v) is 18.3. The maximum absolute atomic E-state index is 14.4. The fourth-order valence-electron chi connectivity index (χ4n) is 5.85. The van der Waals surface area contributed by atoms with Gasteiger partial charge in [0.05, 0.1) is 48.0 Å². The minimum Gasteiger partial charge on any atom is -0.497 e. The molecule has 0 aliphatic carbocycles. The summed E-state index contributed by atoms with van der Waals surface area (Å²) in [6.07, 6.45) is 1.87. The van der Waals surface area contributed by atoms with Crippen molar-refractivity contribution in [1.29, 1.82) is 0 Å². The van der Waals surface area contributed by atoms with Crippen LogP contribution in [-0.2, 0) is 21.3 Å². The molecule has 0 spiro atoms. The Morgan fingerprint density at radius 2 is 1.78 bits per heavy atom. The number of benzene rings is 3. The number of carbonyl (C=O) groups excluding carboxylic acids is 1. The molecule has 4 atom stereocenters. The van der Waals surface area contributed by atoms with Crippen molar-refractivity contribution in [2.75, 3.05) is 45.2 Å². The summed E-state index contributed by atoms with van der Waals surface area (Å²) in [4.78, 5) is 29.4. The lowest BCUT2D eigenvalue weighted by atomic mass is 10.0. The van der Waals surface area contributed by atoms with Gasteiger partial charge in [0.2, 0.25) is 0 Å². The van der Waals surface area contributed by atoms with Gasteiger partial charge in [0.15, 0.2) is 0 Å². The summed E-state index contributed by atoms with van der Waals surface area (Å²) in [5.41, 5.74) is 1.55. The number of fused-ring (bicyclic) bond motifs is 1. The summed E-state index contributed by atoms with van der Waals surface area (Å²) in [6.45, 7) is 7.31. The second kappa shape index (κ2) is 17.7. The van der Waals surface area contributed by atoms with Gasteiger partial charge in [0.1, 0.15) is 11.5 Å². The van der Waals surface area contributed by atoms with Crippen molar-refractivity contribution in [3.8, 4) is 11.5 Å². The molecule has 3 aromatic rings. The third-order valence-corrected chi connectivity index (χ3v) is 10.2. The maximum Gasteiger partial charge on any atom is 0.335 e. The van der Waals surface area contributed by atoms with Crippen molar-refractivity contribution in [2.24, 2.45) is 5.92 Å². The number of amides is 1. The standard InChI is InChI=1S/C37H49N3O9S/c1-25-21-40(26(2)24-41)36(42)33-20-30(38-50(45,46)32-16-14-31(47-5)15-17-32)13-18-34(33)49-27(3)8-6-7-19-48-35(25)23-39(4)22-28-9-11-29(12-10-28)37(43)44/h9-18,20,25-27,35,38,41H,6-8,19,21-24H2,1-5H3,(H,43,44)/t25-,26-,27+,35-/m0/s1. The van der Waals surface area contributed by atoms with Crippen molar-refractivity contribution in [2.45, 2.75) is 69.7 Å². The number of rotatable bonds is 11. The van der Waals surface area contributed by atoms with Gasteiger partial charge in [-0.25, -0.2) is 13.2 Å². The van der Waals surface area contributed by atoms with E-state index in [1.54, 1.807) is 60.4 Å². The van der Waals surface area contributed by atoms with Gasteiger partial charge >= 0.3 is 5.97 Å². The van der Waals surface area contributed by atoms with Crippen LogP contribution in [0.15, 0.2) is 71.6 Å². The van der Waals surface area contributed by atoms with Crippen molar-refractivity contribution < 1.29 is 42.4 Å². The summed E-state index contributed by atoms with van der Waals surface area (Å²) < 4.78 is 47.0. The third kappa shape index (κ3) is 10.4. The predicted molar refractivity (Wildman–Crippen MR) is 190 cm³/mol. The number of anilines is 1. The van der Waals surface area contributed by atoms with Crippen LogP contribution in [-0.4, -0.2) is 99.0 Å². The monoisotopic (exact) mass is 711 g/mol. The van der Waals surface area contributed by atoms with Crippen LogP contribution in [0, 0.1) is 5.92 Å². The smallest absolute Gasteiger partial charge is 0.335 e. The zero-order valence-electron chi connectivity index (χ0n) is 29.4. The van der Waals surface area contributed by atoms with E-state index in [2.05, 4.69) is 9.62 Å².